The molecule has 2 aliphatic rings. The summed E-state index contributed by atoms with van der Waals surface area (Å²) in [5.74, 6) is 0.276. The Labute approximate surface area is 208 Å². The number of hydrogen-bond donors (Lipinski definition) is 1. The van der Waals surface area contributed by atoms with Crippen LogP contribution in [0.15, 0.2) is 18.2 Å². The number of fused-ring (bicyclic) bond motifs is 1. The van der Waals surface area contributed by atoms with E-state index in [-0.39, 0.29) is 48.3 Å². The highest BCUT2D eigenvalue weighted by Gasteiger charge is 2.31. The molecule has 9 nitrogen and oxygen atoms in total. The molecule has 0 radical (unpaired) electrons. The van der Waals surface area contributed by atoms with E-state index in [2.05, 4.69) is 5.32 Å². The number of carbonyl (C=O) groups is 3. The van der Waals surface area contributed by atoms with Crippen LogP contribution in [0.1, 0.15) is 43.5 Å². The first-order valence-corrected chi connectivity index (χ1v) is 12.4. The van der Waals surface area contributed by atoms with E-state index in [1.807, 2.05) is 37.7 Å². The van der Waals surface area contributed by atoms with Crippen molar-refractivity contribution in [2.24, 2.45) is 11.8 Å². The third-order valence-electron chi connectivity index (χ3n) is 6.96. The number of carbonyl (C=O) groups excluding carboxylic acids is 3. The largest absolute Gasteiger partial charge is 0.491 e. The number of methoxy groups -OCH3 is 1. The van der Waals surface area contributed by atoms with Crippen molar-refractivity contribution in [3.8, 4) is 5.75 Å². The molecule has 194 valence electrons. The van der Waals surface area contributed by atoms with E-state index >= 15 is 0 Å². The maximum atomic E-state index is 13.3. The Morgan fingerprint density at radius 1 is 1.20 bits per heavy atom. The summed E-state index contributed by atoms with van der Waals surface area (Å²) in [6, 6.07) is 4.92. The molecular formula is C26H40N4O5. The fraction of sp³-hybridized carbons (Fsp3) is 0.654. The highest BCUT2D eigenvalue weighted by molar-refractivity contribution is 5.99. The predicted molar refractivity (Wildman–Crippen MR) is 135 cm³/mol. The third kappa shape index (κ3) is 6.73. The second kappa shape index (κ2) is 11.9. The van der Waals surface area contributed by atoms with Gasteiger partial charge >= 0.3 is 0 Å². The lowest BCUT2D eigenvalue weighted by molar-refractivity contribution is -0.136. The van der Waals surface area contributed by atoms with E-state index in [4.69, 9.17) is 9.47 Å². The number of benzene rings is 1. The van der Waals surface area contributed by atoms with E-state index in [0.29, 0.717) is 36.6 Å². The Morgan fingerprint density at radius 3 is 2.51 bits per heavy atom. The van der Waals surface area contributed by atoms with Gasteiger partial charge in [0.2, 0.25) is 11.8 Å². The van der Waals surface area contributed by atoms with E-state index in [0.717, 1.165) is 19.3 Å². The van der Waals surface area contributed by atoms with Gasteiger partial charge in [-0.1, -0.05) is 13.3 Å². The maximum Gasteiger partial charge on any atom is 0.257 e. The van der Waals surface area contributed by atoms with Gasteiger partial charge in [0.15, 0.2) is 0 Å². The number of nitrogens with one attached hydrogen (secondary N) is 1. The quantitative estimate of drug-likeness (QED) is 0.684. The lowest BCUT2D eigenvalue weighted by atomic mass is 9.85. The van der Waals surface area contributed by atoms with Crippen molar-refractivity contribution in [3.05, 3.63) is 23.8 Å². The van der Waals surface area contributed by atoms with Crippen molar-refractivity contribution in [2.45, 2.75) is 45.3 Å². The number of rotatable bonds is 5. The summed E-state index contributed by atoms with van der Waals surface area (Å²) in [4.78, 5) is 44.2. The minimum atomic E-state index is -0.240. The van der Waals surface area contributed by atoms with Crippen molar-refractivity contribution < 1.29 is 23.9 Å². The monoisotopic (exact) mass is 488 g/mol. The smallest absolute Gasteiger partial charge is 0.257 e. The van der Waals surface area contributed by atoms with E-state index in [1.54, 1.807) is 37.3 Å². The van der Waals surface area contributed by atoms with Crippen LogP contribution in [-0.4, -0.2) is 99.1 Å². The van der Waals surface area contributed by atoms with Crippen LogP contribution in [0.4, 0.5) is 5.69 Å². The average Bonchev–Trinajstić information content (AvgIpc) is 2.76. The van der Waals surface area contributed by atoms with Crippen LogP contribution in [0.2, 0.25) is 0 Å². The molecule has 1 fully saturated rings. The molecule has 0 aromatic heterocycles. The highest BCUT2D eigenvalue weighted by Crippen LogP contribution is 2.30. The van der Waals surface area contributed by atoms with Crippen LogP contribution in [0.5, 0.6) is 5.75 Å². The first-order chi connectivity index (χ1) is 16.6. The second-order valence-electron chi connectivity index (χ2n) is 10.2. The van der Waals surface area contributed by atoms with Gasteiger partial charge in [-0.15, -0.1) is 0 Å². The summed E-state index contributed by atoms with van der Waals surface area (Å²) in [7, 11) is 7.11. The number of ether oxygens (including phenoxy) is 2. The molecule has 0 spiro atoms. The average molecular weight is 489 g/mol. The van der Waals surface area contributed by atoms with E-state index in [1.165, 1.54) is 0 Å². The Hall–Kier alpha value is -2.65. The van der Waals surface area contributed by atoms with Crippen LogP contribution >= 0.6 is 0 Å². The van der Waals surface area contributed by atoms with E-state index in [9.17, 15) is 14.4 Å². The van der Waals surface area contributed by atoms with Gasteiger partial charge in [-0.25, -0.2) is 0 Å². The Kier molecular flexibility index (Phi) is 9.13. The van der Waals surface area contributed by atoms with Crippen molar-refractivity contribution in [2.75, 3.05) is 59.8 Å². The van der Waals surface area contributed by atoms with Crippen molar-refractivity contribution in [1.29, 1.82) is 0 Å². The molecule has 1 aromatic carbocycles. The zero-order chi connectivity index (χ0) is 25.7. The molecule has 0 bridgehead atoms. The molecule has 1 saturated carbocycles. The lowest BCUT2D eigenvalue weighted by Crippen LogP contribution is -2.50. The summed E-state index contributed by atoms with van der Waals surface area (Å²) in [5.41, 5.74) is 1.01. The van der Waals surface area contributed by atoms with Crippen LogP contribution in [0.25, 0.3) is 0 Å². The molecule has 3 amide bonds. The Bertz CT molecular complexity index is 917. The SMILES string of the molecule is CO[C@H]1CN(C)C(=O)c2ccc(NC(=O)C3CCC3)cc2OC[C@H](C)N(C(=O)CN(C)C)C[C@H]1C. The molecule has 1 heterocycles. The molecule has 1 aromatic rings. The summed E-state index contributed by atoms with van der Waals surface area (Å²) in [5, 5.41) is 2.95. The van der Waals surface area contributed by atoms with Crippen LogP contribution < -0.4 is 10.1 Å². The standard InChI is InChI=1S/C26H40N4O5/c1-17-13-30(24(31)15-28(3)4)18(2)16-35-22-12-20(27-25(32)19-8-7-9-19)10-11-21(22)26(33)29(5)14-23(17)34-6/h10-12,17-19,23H,7-9,13-16H2,1-6H3,(H,27,32)/t17-,18+,23+/m1/s1. The van der Waals surface area contributed by atoms with Gasteiger partial charge < -0.3 is 29.5 Å². The molecule has 9 heteroatoms. The summed E-state index contributed by atoms with van der Waals surface area (Å²) < 4.78 is 11.9. The summed E-state index contributed by atoms with van der Waals surface area (Å²) >= 11 is 0. The second-order valence-corrected chi connectivity index (χ2v) is 10.2. The van der Waals surface area contributed by atoms with Crippen LogP contribution in [0, 0.1) is 11.8 Å². The third-order valence-corrected chi connectivity index (χ3v) is 6.96. The molecule has 3 atom stereocenters. The lowest BCUT2D eigenvalue weighted by Gasteiger charge is -2.36. The normalized spacial score (nSPS) is 24.1. The molecular weight excluding hydrogens is 448 g/mol. The minimum absolute atomic E-state index is 0.00134. The molecule has 1 N–H and O–H groups in total. The van der Waals surface area contributed by atoms with Crippen molar-refractivity contribution in [3.63, 3.8) is 0 Å². The molecule has 3 rings (SSSR count). The Balaban J connectivity index is 1.91. The summed E-state index contributed by atoms with van der Waals surface area (Å²) in [6.07, 6.45) is 2.65. The van der Waals surface area contributed by atoms with Gasteiger partial charge in [0.1, 0.15) is 12.4 Å². The topological polar surface area (TPSA) is 91.4 Å². The number of likely N-dealkylation sites (N-methyl/N-ethyl adjacent to an activating group) is 2. The minimum Gasteiger partial charge on any atom is -0.491 e. The maximum absolute atomic E-state index is 13.3. The molecule has 1 aliphatic heterocycles. The number of hydrogen-bond acceptors (Lipinski definition) is 6. The van der Waals surface area contributed by atoms with Crippen molar-refractivity contribution in [1.82, 2.24) is 14.7 Å². The van der Waals surface area contributed by atoms with Crippen LogP contribution in [0.3, 0.4) is 0 Å². The van der Waals surface area contributed by atoms with Gasteiger partial charge in [-0.2, -0.15) is 0 Å². The summed E-state index contributed by atoms with van der Waals surface area (Å²) in [6.45, 7) is 5.35. The fourth-order valence-corrected chi connectivity index (χ4v) is 4.47. The van der Waals surface area contributed by atoms with Gasteiger partial charge in [0, 0.05) is 50.8 Å². The molecule has 35 heavy (non-hydrogen) atoms. The van der Waals surface area contributed by atoms with E-state index < -0.39 is 0 Å². The first-order valence-electron chi connectivity index (χ1n) is 12.4. The molecule has 0 saturated heterocycles. The molecule has 0 unspecified atom stereocenters. The van der Waals surface area contributed by atoms with Crippen molar-refractivity contribution >= 4 is 23.4 Å². The van der Waals surface area contributed by atoms with Crippen LogP contribution in [-0.2, 0) is 14.3 Å². The number of anilines is 1. The fourth-order valence-electron chi connectivity index (χ4n) is 4.47. The van der Waals surface area contributed by atoms with Gasteiger partial charge in [-0.3, -0.25) is 14.4 Å². The Morgan fingerprint density at radius 2 is 1.91 bits per heavy atom. The zero-order valence-corrected chi connectivity index (χ0v) is 21.9. The zero-order valence-electron chi connectivity index (χ0n) is 21.9. The first kappa shape index (κ1) is 26.9. The van der Waals surface area contributed by atoms with Gasteiger partial charge in [0.25, 0.3) is 5.91 Å². The number of nitrogens with zero attached hydrogens (tertiary/aromatic N) is 3. The molecule has 1 aliphatic carbocycles. The highest BCUT2D eigenvalue weighted by atomic mass is 16.5. The van der Waals surface area contributed by atoms with Gasteiger partial charge in [-0.05, 0) is 46.0 Å². The predicted octanol–water partition coefficient (Wildman–Crippen LogP) is 2.32. The number of amides is 3. The van der Waals surface area contributed by atoms with Gasteiger partial charge in [0.05, 0.1) is 24.3 Å².